The lowest BCUT2D eigenvalue weighted by molar-refractivity contribution is 0.102. The van der Waals surface area contributed by atoms with E-state index in [0.717, 1.165) is 45.0 Å². The van der Waals surface area contributed by atoms with Gasteiger partial charge < -0.3 is 15.0 Å². The first-order valence-electron chi connectivity index (χ1n) is 8.79. The number of carbonyl (C=O) groups is 1. The fourth-order valence-corrected chi connectivity index (χ4v) is 3.04. The number of ether oxygens (including phenoxy) is 1. The van der Waals surface area contributed by atoms with Gasteiger partial charge in [-0.2, -0.15) is 0 Å². The van der Waals surface area contributed by atoms with Crippen molar-refractivity contribution < 1.29 is 13.9 Å². The number of piperazine rings is 1. The number of hydrogen-bond acceptors (Lipinski definition) is 4. The van der Waals surface area contributed by atoms with E-state index in [0.29, 0.717) is 11.3 Å². The molecule has 1 heterocycles. The zero-order valence-electron chi connectivity index (χ0n) is 15.0. The SMILES string of the molecule is COCCN1CCN(c2ccc(NC(=O)c3cccc(F)c3)cc2)CC1. The fraction of sp³-hybridized carbons (Fsp3) is 0.350. The quantitative estimate of drug-likeness (QED) is 0.864. The predicted octanol–water partition coefficient (Wildman–Crippen LogP) is 2.85. The van der Waals surface area contributed by atoms with Crippen LogP contribution in [0, 0.1) is 5.82 Å². The summed E-state index contributed by atoms with van der Waals surface area (Å²) in [5.41, 5.74) is 2.14. The van der Waals surface area contributed by atoms with Crippen LogP contribution >= 0.6 is 0 Å². The van der Waals surface area contributed by atoms with E-state index in [1.165, 1.54) is 18.2 Å². The van der Waals surface area contributed by atoms with Crippen LogP contribution < -0.4 is 10.2 Å². The third kappa shape index (κ3) is 4.80. The fourth-order valence-electron chi connectivity index (χ4n) is 3.04. The topological polar surface area (TPSA) is 44.8 Å². The Hall–Kier alpha value is -2.44. The smallest absolute Gasteiger partial charge is 0.255 e. The van der Waals surface area contributed by atoms with Crippen LogP contribution in [0.1, 0.15) is 10.4 Å². The van der Waals surface area contributed by atoms with E-state index < -0.39 is 5.82 Å². The minimum Gasteiger partial charge on any atom is -0.383 e. The summed E-state index contributed by atoms with van der Waals surface area (Å²) in [5, 5.41) is 2.80. The molecule has 0 spiro atoms. The Morgan fingerprint density at radius 2 is 1.85 bits per heavy atom. The van der Waals surface area contributed by atoms with E-state index in [1.54, 1.807) is 13.2 Å². The van der Waals surface area contributed by atoms with Crippen LogP contribution in [-0.4, -0.2) is 57.2 Å². The summed E-state index contributed by atoms with van der Waals surface area (Å²) in [5.74, 6) is -0.735. The van der Waals surface area contributed by atoms with Crippen molar-refractivity contribution in [2.24, 2.45) is 0 Å². The van der Waals surface area contributed by atoms with Gasteiger partial charge >= 0.3 is 0 Å². The van der Waals surface area contributed by atoms with Gasteiger partial charge in [0.1, 0.15) is 5.82 Å². The Labute approximate surface area is 153 Å². The molecule has 1 aliphatic heterocycles. The summed E-state index contributed by atoms with van der Waals surface area (Å²) < 4.78 is 18.4. The summed E-state index contributed by atoms with van der Waals surface area (Å²) in [6.45, 7) is 5.70. The van der Waals surface area contributed by atoms with Crippen LogP contribution in [0.3, 0.4) is 0 Å². The van der Waals surface area contributed by atoms with Crippen LogP contribution in [0.15, 0.2) is 48.5 Å². The van der Waals surface area contributed by atoms with Crippen molar-refractivity contribution in [1.82, 2.24) is 4.90 Å². The summed E-state index contributed by atoms with van der Waals surface area (Å²) in [6, 6.07) is 13.4. The number of halogens is 1. The number of nitrogens with one attached hydrogen (secondary N) is 1. The van der Waals surface area contributed by atoms with E-state index in [2.05, 4.69) is 15.1 Å². The van der Waals surface area contributed by atoms with Crippen molar-refractivity contribution in [2.75, 3.05) is 56.7 Å². The second kappa shape index (κ2) is 8.78. The van der Waals surface area contributed by atoms with E-state index in [1.807, 2.05) is 24.3 Å². The molecule has 3 rings (SSSR count). The van der Waals surface area contributed by atoms with Crippen LogP contribution in [0.2, 0.25) is 0 Å². The molecular formula is C20H24FN3O2. The molecular weight excluding hydrogens is 333 g/mol. The van der Waals surface area contributed by atoms with Gasteiger partial charge in [0.05, 0.1) is 6.61 Å². The third-order valence-electron chi connectivity index (χ3n) is 4.56. The van der Waals surface area contributed by atoms with Crippen molar-refractivity contribution in [3.05, 3.63) is 59.9 Å². The number of nitrogens with zero attached hydrogens (tertiary/aromatic N) is 2. The second-order valence-electron chi connectivity index (χ2n) is 6.33. The first-order chi connectivity index (χ1) is 12.7. The van der Waals surface area contributed by atoms with Crippen molar-refractivity contribution in [3.63, 3.8) is 0 Å². The summed E-state index contributed by atoms with van der Waals surface area (Å²) in [6.07, 6.45) is 0. The normalized spacial score (nSPS) is 15.1. The Bertz CT molecular complexity index is 728. The molecule has 138 valence electrons. The molecule has 0 saturated carbocycles. The maximum atomic E-state index is 13.2. The zero-order chi connectivity index (χ0) is 18.4. The Morgan fingerprint density at radius 1 is 1.12 bits per heavy atom. The first-order valence-corrected chi connectivity index (χ1v) is 8.79. The highest BCUT2D eigenvalue weighted by atomic mass is 19.1. The molecule has 2 aromatic carbocycles. The number of methoxy groups -OCH3 is 1. The third-order valence-corrected chi connectivity index (χ3v) is 4.56. The molecule has 1 fully saturated rings. The van der Waals surface area contributed by atoms with Gasteiger partial charge in [-0.1, -0.05) is 6.07 Å². The molecule has 1 saturated heterocycles. The van der Waals surface area contributed by atoms with Crippen LogP contribution in [0.25, 0.3) is 0 Å². The molecule has 0 aliphatic carbocycles. The molecule has 0 bridgehead atoms. The molecule has 1 aliphatic rings. The average molecular weight is 357 g/mol. The van der Waals surface area contributed by atoms with Gasteiger partial charge in [0, 0.05) is 56.8 Å². The number of rotatable bonds is 6. The highest BCUT2D eigenvalue weighted by molar-refractivity contribution is 6.04. The molecule has 0 atom stereocenters. The monoisotopic (exact) mass is 357 g/mol. The van der Waals surface area contributed by atoms with E-state index in [9.17, 15) is 9.18 Å². The van der Waals surface area contributed by atoms with Crippen LogP contribution in [0.4, 0.5) is 15.8 Å². The van der Waals surface area contributed by atoms with Crippen molar-refractivity contribution in [3.8, 4) is 0 Å². The van der Waals surface area contributed by atoms with E-state index >= 15 is 0 Å². The minimum absolute atomic E-state index is 0.307. The van der Waals surface area contributed by atoms with Gasteiger partial charge in [-0.3, -0.25) is 9.69 Å². The molecule has 5 nitrogen and oxygen atoms in total. The molecule has 2 aromatic rings. The van der Waals surface area contributed by atoms with Crippen molar-refractivity contribution >= 4 is 17.3 Å². The standard InChI is InChI=1S/C20H24FN3O2/c1-26-14-13-23-9-11-24(12-10-23)19-7-5-18(6-8-19)22-20(25)16-3-2-4-17(21)15-16/h2-8,15H,9-14H2,1H3,(H,22,25). The predicted molar refractivity (Wildman–Crippen MR) is 101 cm³/mol. The maximum Gasteiger partial charge on any atom is 0.255 e. The minimum atomic E-state index is -0.419. The lowest BCUT2D eigenvalue weighted by Crippen LogP contribution is -2.47. The van der Waals surface area contributed by atoms with Gasteiger partial charge in [0.15, 0.2) is 0 Å². The lowest BCUT2D eigenvalue weighted by atomic mass is 10.2. The number of benzene rings is 2. The number of carbonyl (C=O) groups excluding carboxylic acids is 1. The average Bonchev–Trinajstić information content (AvgIpc) is 2.67. The molecule has 0 aromatic heterocycles. The molecule has 26 heavy (non-hydrogen) atoms. The van der Waals surface area contributed by atoms with Gasteiger partial charge in [-0.05, 0) is 42.5 Å². The Kier molecular flexibility index (Phi) is 6.20. The number of amides is 1. The van der Waals surface area contributed by atoms with Crippen molar-refractivity contribution in [2.45, 2.75) is 0 Å². The first kappa shape index (κ1) is 18.4. The van der Waals surface area contributed by atoms with Crippen molar-refractivity contribution in [1.29, 1.82) is 0 Å². The molecule has 1 amide bonds. The molecule has 6 heteroatoms. The molecule has 1 N–H and O–H groups in total. The Morgan fingerprint density at radius 3 is 2.50 bits per heavy atom. The van der Waals surface area contributed by atoms with Gasteiger partial charge in [0.2, 0.25) is 0 Å². The summed E-state index contributed by atoms with van der Waals surface area (Å²) >= 11 is 0. The highest BCUT2D eigenvalue weighted by Gasteiger charge is 2.17. The second-order valence-corrected chi connectivity index (χ2v) is 6.33. The molecule has 0 unspecified atom stereocenters. The van der Waals surface area contributed by atoms with E-state index in [-0.39, 0.29) is 5.91 Å². The lowest BCUT2D eigenvalue weighted by Gasteiger charge is -2.36. The van der Waals surface area contributed by atoms with Gasteiger partial charge in [-0.25, -0.2) is 4.39 Å². The summed E-state index contributed by atoms with van der Waals surface area (Å²) in [7, 11) is 1.73. The zero-order valence-corrected chi connectivity index (χ0v) is 15.0. The number of anilines is 2. The summed E-state index contributed by atoms with van der Waals surface area (Å²) in [4.78, 5) is 16.9. The highest BCUT2D eigenvalue weighted by Crippen LogP contribution is 2.20. The van der Waals surface area contributed by atoms with E-state index in [4.69, 9.17) is 4.74 Å². The molecule has 0 radical (unpaired) electrons. The van der Waals surface area contributed by atoms with Gasteiger partial charge in [-0.15, -0.1) is 0 Å². The van der Waals surface area contributed by atoms with Crippen LogP contribution in [-0.2, 0) is 4.74 Å². The maximum absolute atomic E-state index is 13.2. The van der Waals surface area contributed by atoms with Gasteiger partial charge in [0.25, 0.3) is 5.91 Å². The largest absolute Gasteiger partial charge is 0.383 e. The van der Waals surface area contributed by atoms with Crippen LogP contribution in [0.5, 0.6) is 0 Å². The number of hydrogen-bond donors (Lipinski definition) is 1. The Balaban J connectivity index is 1.55.